The van der Waals surface area contributed by atoms with Crippen LogP contribution in [0.15, 0.2) is 78.9 Å². The van der Waals surface area contributed by atoms with Crippen molar-refractivity contribution in [3.63, 3.8) is 0 Å². The van der Waals surface area contributed by atoms with Gasteiger partial charge in [0, 0.05) is 34.0 Å². The molecule has 3 aromatic rings. The highest BCUT2D eigenvalue weighted by atomic mass is 16.6. The van der Waals surface area contributed by atoms with Crippen LogP contribution in [0.5, 0.6) is 17.2 Å². The molecule has 0 bridgehead atoms. The van der Waals surface area contributed by atoms with Crippen LogP contribution in [0.3, 0.4) is 0 Å². The number of esters is 1. The van der Waals surface area contributed by atoms with Gasteiger partial charge in [-0.15, -0.1) is 0 Å². The Labute approximate surface area is 228 Å². The number of rotatable bonds is 13. The average Bonchev–Trinajstić information content (AvgIpc) is 2.96. The van der Waals surface area contributed by atoms with Crippen LogP contribution in [0.2, 0.25) is 0 Å². The molecule has 0 aromatic heterocycles. The number of carbonyl (C=O) groups is 2. The SMILES string of the molecule is C=C(C)C(=O)OCCOCCNC(=O)Oc1c2c(c(OCCOc3ccccc3)c3ccccc13)CC=CC2. The van der Waals surface area contributed by atoms with Crippen LogP contribution < -0.4 is 19.5 Å². The number of ether oxygens (including phenoxy) is 5. The Kier molecular flexibility index (Phi) is 9.97. The second-order valence-corrected chi connectivity index (χ2v) is 8.90. The van der Waals surface area contributed by atoms with E-state index >= 15 is 0 Å². The van der Waals surface area contributed by atoms with Crippen molar-refractivity contribution in [3.05, 3.63) is 90.0 Å². The van der Waals surface area contributed by atoms with Gasteiger partial charge >= 0.3 is 12.1 Å². The summed E-state index contributed by atoms with van der Waals surface area (Å²) < 4.78 is 28.3. The van der Waals surface area contributed by atoms with Gasteiger partial charge in [0.25, 0.3) is 0 Å². The number of allylic oxidation sites excluding steroid dienone is 2. The molecule has 8 nitrogen and oxygen atoms in total. The van der Waals surface area contributed by atoms with Crippen LogP contribution in [-0.2, 0) is 27.1 Å². The van der Waals surface area contributed by atoms with Crippen molar-refractivity contribution in [2.45, 2.75) is 19.8 Å². The molecular formula is C31H33NO7. The summed E-state index contributed by atoms with van der Waals surface area (Å²) in [5.74, 6) is 1.66. The van der Waals surface area contributed by atoms with Crippen molar-refractivity contribution in [1.82, 2.24) is 5.32 Å². The number of hydrogen-bond donors (Lipinski definition) is 1. The molecule has 0 radical (unpaired) electrons. The van der Waals surface area contributed by atoms with Crippen LogP contribution in [0.4, 0.5) is 4.79 Å². The van der Waals surface area contributed by atoms with Gasteiger partial charge in [0.05, 0.1) is 13.2 Å². The molecule has 1 aliphatic rings. The summed E-state index contributed by atoms with van der Waals surface area (Å²) in [6.07, 6.45) is 4.90. The number of para-hydroxylation sites is 1. The number of hydrogen-bond acceptors (Lipinski definition) is 7. The third-order valence-electron chi connectivity index (χ3n) is 6.00. The zero-order valence-corrected chi connectivity index (χ0v) is 22.1. The lowest BCUT2D eigenvalue weighted by Crippen LogP contribution is -2.31. The van der Waals surface area contributed by atoms with E-state index in [9.17, 15) is 9.59 Å². The average molecular weight is 532 g/mol. The highest BCUT2D eigenvalue weighted by Crippen LogP contribution is 2.43. The van der Waals surface area contributed by atoms with E-state index in [2.05, 4.69) is 24.0 Å². The Bertz CT molecular complexity index is 1330. The first-order valence-corrected chi connectivity index (χ1v) is 12.9. The van der Waals surface area contributed by atoms with E-state index < -0.39 is 12.1 Å². The Morgan fingerprint density at radius 2 is 1.44 bits per heavy atom. The zero-order chi connectivity index (χ0) is 27.5. The van der Waals surface area contributed by atoms with E-state index in [4.69, 9.17) is 23.7 Å². The van der Waals surface area contributed by atoms with Gasteiger partial charge in [0.2, 0.25) is 0 Å². The van der Waals surface area contributed by atoms with Crippen LogP contribution in [0.1, 0.15) is 18.1 Å². The summed E-state index contributed by atoms with van der Waals surface area (Å²) in [5.41, 5.74) is 2.27. The molecule has 0 unspecified atom stereocenters. The Morgan fingerprint density at radius 1 is 0.795 bits per heavy atom. The first kappa shape index (κ1) is 27.7. The molecule has 1 aliphatic carbocycles. The van der Waals surface area contributed by atoms with E-state index in [1.54, 1.807) is 6.92 Å². The van der Waals surface area contributed by atoms with Crippen molar-refractivity contribution in [3.8, 4) is 17.2 Å². The largest absolute Gasteiger partial charge is 0.490 e. The minimum Gasteiger partial charge on any atom is -0.490 e. The monoisotopic (exact) mass is 531 g/mol. The van der Waals surface area contributed by atoms with Gasteiger partial charge in [0.1, 0.15) is 37.1 Å². The predicted molar refractivity (Wildman–Crippen MR) is 149 cm³/mol. The molecular weight excluding hydrogens is 498 g/mol. The summed E-state index contributed by atoms with van der Waals surface area (Å²) in [6.45, 7) is 6.72. The summed E-state index contributed by atoms with van der Waals surface area (Å²) in [6, 6.07) is 17.4. The van der Waals surface area contributed by atoms with Gasteiger partial charge in [-0.25, -0.2) is 9.59 Å². The first-order valence-electron chi connectivity index (χ1n) is 12.9. The Hall–Kier alpha value is -4.30. The van der Waals surface area contributed by atoms with Gasteiger partial charge in [-0.3, -0.25) is 0 Å². The molecule has 204 valence electrons. The standard InChI is InChI=1S/C31H33NO7/c1-22(2)30(33)38-19-18-35-17-16-32-31(34)39-29-26-14-8-6-12-24(26)28(25-13-7-9-15-27(25)29)37-21-20-36-23-10-4-3-5-11-23/h3-12,14H,1,13,15-21H2,2H3,(H,32,34). The summed E-state index contributed by atoms with van der Waals surface area (Å²) in [7, 11) is 0. The third-order valence-corrected chi connectivity index (χ3v) is 6.00. The maximum absolute atomic E-state index is 12.7. The third kappa shape index (κ3) is 7.61. The molecule has 0 fully saturated rings. The van der Waals surface area contributed by atoms with Crippen molar-refractivity contribution >= 4 is 22.8 Å². The molecule has 0 heterocycles. The molecule has 3 aromatic carbocycles. The summed E-state index contributed by atoms with van der Waals surface area (Å²) >= 11 is 0. The van der Waals surface area contributed by atoms with Crippen molar-refractivity contribution in [2.75, 3.05) is 39.6 Å². The molecule has 0 aliphatic heterocycles. The van der Waals surface area contributed by atoms with Gasteiger partial charge in [-0.05, 0) is 31.9 Å². The van der Waals surface area contributed by atoms with Crippen molar-refractivity contribution in [1.29, 1.82) is 0 Å². The van der Waals surface area contributed by atoms with E-state index in [-0.39, 0.29) is 26.4 Å². The fourth-order valence-corrected chi connectivity index (χ4v) is 4.19. The zero-order valence-electron chi connectivity index (χ0n) is 22.1. The molecule has 0 saturated heterocycles. The second-order valence-electron chi connectivity index (χ2n) is 8.90. The molecule has 0 spiro atoms. The van der Waals surface area contributed by atoms with Crippen LogP contribution in [-0.4, -0.2) is 51.6 Å². The molecule has 1 amide bonds. The van der Waals surface area contributed by atoms with Gasteiger partial charge < -0.3 is 29.0 Å². The summed E-state index contributed by atoms with van der Waals surface area (Å²) in [4.78, 5) is 24.1. The smallest absolute Gasteiger partial charge is 0.412 e. The van der Waals surface area contributed by atoms with Crippen LogP contribution in [0, 0.1) is 0 Å². The Balaban J connectivity index is 1.38. The quantitative estimate of drug-likeness (QED) is 0.141. The fourth-order valence-electron chi connectivity index (χ4n) is 4.19. The van der Waals surface area contributed by atoms with Gasteiger partial charge in [-0.2, -0.15) is 0 Å². The lowest BCUT2D eigenvalue weighted by Gasteiger charge is -2.23. The molecule has 0 atom stereocenters. The predicted octanol–water partition coefficient (Wildman–Crippen LogP) is 5.18. The van der Waals surface area contributed by atoms with Gasteiger partial charge in [0.15, 0.2) is 0 Å². The number of benzene rings is 3. The first-order chi connectivity index (χ1) is 19.0. The molecule has 0 saturated carbocycles. The Morgan fingerprint density at radius 3 is 2.15 bits per heavy atom. The van der Waals surface area contributed by atoms with Crippen molar-refractivity contribution < 1.29 is 33.3 Å². The van der Waals surface area contributed by atoms with E-state index in [0.29, 0.717) is 37.4 Å². The summed E-state index contributed by atoms with van der Waals surface area (Å²) in [5, 5.41) is 4.40. The number of amides is 1. The highest BCUT2D eigenvalue weighted by Gasteiger charge is 2.23. The number of nitrogens with one attached hydrogen (secondary N) is 1. The molecule has 4 rings (SSSR count). The number of fused-ring (bicyclic) bond motifs is 2. The van der Waals surface area contributed by atoms with Crippen molar-refractivity contribution in [2.24, 2.45) is 0 Å². The van der Waals surface area contributed by atoms with E-state index in [0.717, 1.165) is 33.4 Å². The van der Waals surface area contributed by atoms with Crippen LogP contribution >= 0.6 is 0 Å². The highest BCUT2D eigenvalue weighted by molar-refractivity contribution is 5.97. The lowest BCUT2D eigenvalue weighted by molar-refractivity contribution is -0.140. The van der Waals surface area contributed by atoms with Gasteiger partial charge in [-0.1, -0.05) is 61.2 Å². The minimum absolute atomic E-state index is 0.120. The maximum atomic E-state index is 12.7. The van der Waals surface area contributed by atoms with E-state index in [1.807, 2.05) is 54.6 Å². The number of carbonyl (C=O) groups excluding carboxylic acids is 2. The topological polar surface area (TPSA) is 92.3 Å². The minimum atomic E-state index is -0.570. The fraction of sp³-hybridized carbons (Fsp3) is 0.290. The van der Waals surface area contributed by atoms with Crippen LogP contribution in [0.25, 0.3) is 10.8 Å². The second kappa shape index (κ2) is 14.0. The lowest BCUT2D eigenvalue weighted by atomic mass is 9.90. The molecule has 1 N–H and O–H groups in total. The van der Waals surface area contributed by atoms with E-state index in [1.165, 1.54) is 0 Å². The maximum Gasteiger partial charge on any atom is 0.412 e. The molecule has 39 heavy (non-hydrogen) atoms. The normalized spacial score (nSPS) is 11.9. The molecule has 8 heteroatoms.